The van der Waals surface area contributed by atoms with Gasteiger partial charge in [-0.25, -0.2) is 9.97 Å². The van der Waals surface area contributed by atoms with E-state index in [0.29, 0.717) is 0 Å². The summed E-state index contributed by atoms with van der Waals surface area (Å²) in [6, 6.07) is 0. The van der Waals surface area contributed by atoms with Gasteiger partial charge in [0, 0.05) is 7.05 Å². The molecule has 19 heavy (non-hydrogen) atoms. The zero-order valence-corrected chi connectivity index (χ0v) is 11.7. The fourth-order valence-electron chi connectivity index (χ4n) is 1.28. The monoisotopic (exact) mass is 269 g/mol. The summed E-state index contributed by atoms with van der Waals surface area (Å²) < 4.78 is 0. The Balaban J connectivity index is 3.26. The molecule has 8 heteroatoms. The molecule has 0 unspecified atom stereocenters. The van der Waals surface area contributed by atoms with E-state index >= 15 is 0 Å². The van der Waals surface area contributed by atoms with Crippen molar-refractivity contribution in [3.8, 4) is 0 Å². The minimum absolute atomic E-state index is 0.0662. The van der Waals surface area contributed by atoms with E-state index in [4.69, 9.17) is 0 Å². The van der Waals surface area contributed by atoms with E-state index in [1.807, 2.05) is 0 Å². The molecular weight excluding hydrogens is 250 g/mol. The lowest BCUT2D eigenvalue weighted by atomic mass is 9.86. The van der Waals surface area contributed by atoms with Gasteiger partial charge in [0.2, 0.25) is 11.6 Å². The molecule has 0 spiro atoms. The van der Waals surface area contributed by atoms with Gasteiger partial charge in [0.25, 0.3) is 0 Å². The van der Waals surface area contributed by atoms with Gasteiger partial charge in [-0.3, -0.25) is 10.1 Å². The van der Waals surface area contributed by atoms with Crippen molar-refractivity contribution < 1.29 is 10.0 Å². The Morgan fingerprint density at radius 1 is 1.26 bits per heavy atom. The Kier molecular flexibility index (Phi) is 3.94. The number of nitrogens with zero attached hydrogens (tertiary/aromatic N) is 3. The molecular formula is C11H19N5O3. The Hall–Kier alpha value is -1.96. The number of hydrogen-bond acceptors (Lipinski definition) is 7. The molecule has 0 aliphatic rings. The Morgan fingerprint density at radius 2 is 1.79 bits per heavy atom. The van der Waals surface area contributed by atoms with Crippen LogP contribution < -0.4 is 10.6 Å². The number of aliphatic hydroxyl groups is 1. The number of anilines is 2. The maximum absolute atomic E-state index is 11.1. The quantitative estimate of drug-likeness (QED) is 0.546. The van der Waals surface area contributed by atoms with Crippen LogP contribution in [0.15, 0.2) is 6.33 Å². The van der Waals surface area contributed by atoms with Crippen LogP contribution >= 0.6 is 0 Å². The molecule has 1 aromatic heterocycles. The molecule has 3 N–H and O–H groups in total. The molecule has 0 atom stereocenters. The van der Waals surface area contributed by atoms with Crippen LogP contribution in [0, 0.1) is 10.1 Å². The van der Waals surface area contributed by atoms with Gasteiger partial charge in [0.05, 0.1) is 16.1 Å². The van der Waals surface area contributed by atoms with Crippen LogP contribution in [0.4, 0.5) is 17.3 Å². The predicted octanol–water partition coefficient (Wildman–Crippen LogP) is 1.39. The van der Waals surface area contributed by atoms with E-state index in [9.17, 15) is 15.2 Å². The van der Waals surface area contributed by atoms with Crippen molar-refractivity contribution in [1.82, 2.24) is 9.97 Å². The third-order valence-corrected chi connectivity index (χ3v) is 3.20. The van der Waals surface area contributed by atoms with Crippen molar-refractivity contribution in [2.45, 2.75) is 38.8 Å². The van der Waals surface area contributed by atoms with Crippen molar-refractivity contribution in [3.63, 3.8) is 0 Å². The molecule has 0 saturated carbocycles. The predicted molar refractivity (Wildman–Crippen MR) is 72.2 cm³/mol. The van der Waals surface area contributed by atoms with Crippen molar-refractivity contribution in [1.29, 1.82) is 0 Å². The summed E-state index contributed by atoms with van der Waals surface area (Å²) in [7, 11) is 1.54. The highest BCUT2D eigenvalue weighted by molar-refractivity contribution is 5.69. The first kappa shape index (κ1) is 15.1. The van der Waals surface area contributed by atoms with Crippen molar-refractivity contribution in [2.24, 2.45) is 0 Å². The minimum atomic E-state index is -1.09. The van der Waals surface area contributed by atoms with Crippen LogP contribution in [0.1, 0.15) is 27.7 Å². The van der Waals surface area contributed by atoms with Crippen LogP contribution in [-0.2, 0) is 0 Å². The number of nitro groups is 1. The summed E-state index contributed by atoms with van der Waals surface area (Å²) in [5, 5.41) is 26.7. The van der Waals surface area contributed by atoms with Crippen molar-refractivity contribution >= 4 is 17.3 Å². The third kappa shape index (κ3) is 3.08. The first-order chi connectivity index (χ1) is 8.60. The summed E-state index contributed by atoms with van der Waals surface area (Å²) in [6.45, 7) is 6.70. The van der Waals surface area contributed by atoms with E-state index in [1.165, 1.54) is 6.33 Å². The van der Waals surface area contributed by atoms with Gasteiger partial charge in [-0.05, 0) is 27.7 Å². The second kappa shape index (κ2) is 4.96. The zero-order chi connectivity index (χ0) is 14.8. The van der Waals surface area contributed by atoms with E-state index in [2.05, 4.69) is 20.6 Å². The number of aromatic nitrogens is 2. The van der Waals surface area contributed by atoms with Gasteiger partial charge in [0.15, 0.2) is 0 Å². The Labute approximate surface area is 111 Å². The van der Waals surface area contributed by atoms with Gasteiger partial charge in [-0.1, -0.05) is 0 Å². The lowest BCUT2D eigenvalue weighted by Gasteiger charge is -2.38. The molecule has 0 fully saturated rings. The van der Waals surface area contributed by atoms with Crippen molar-refractivity contribution in [2.75, 3.05) is 17.7 Å². The normalized spacial score (nSPS) is 12.1. The SMILES string of the molecule is CNc1ncnc(NC(C)(C)C(C)(C)O)c1[N+](=O)[O-]. The van der Waals surface area contributed by atoms with E-state index < -0.39 is 16.1 Å². The molecule has 0 radical (unpaired) electrons. The van der Waals surface area contributed by atoms with Crippen LogP contribution in [0.2, 0.25) is 0 Å². The molecule has 0 bridgehead atoms. The molecule has 1 rings (SSSR count). The highest BCUT2D eigenvalue weighted by atomic mass is 16.6. The first-order valence-corrected chi connectivity index (χ1v) is 5.78. The molecule has 0 saturated heterocycles. The highest BCUT2D eigenvalue weighted by Crippen LogP contribution is 2.33. The van der Waals surface area contributed by atoms with Crippen LogP contribution in [0.25, 0.3) is 0 Å². The average molecular weight is 269 g/mol. The fraction of sp³-hybridized carbons (Fsp3) is 0.636. The Bertz CT molecular complexity index is 482. The van der Waals surface area contributed by atoms with Crippen molar-refractivity contribution in [3.05, 3.63) is 16.4 Å². The smallest absolute Gasteiger partial charge is 0.353 e. The standard InChI is InChI=1S/C11H19N5O3/c1-10(2,11(3,4)17)15-9-7(16(18)19)8(12-5)13-6-14-9/h6,17H,1-5H3,(H2,12,13,14,15). The third-order valence-electron chi connectivity index (χ3n) is 3.20. The second-order valence-corrected chi connectivity index (χ2v) is 5.24. The molecule has 1 aromatic rings. The topological polar surface area (TPSA) is 113 Å². The van der Waals surface area contributed by atoms with Gasteiger partial charge in [0.1, 0.15) is 6.33 Å². The lowest BCUT2D eigenvalue weighted by Crippen LogP contribution is -2.51. The van der Waals surface area contributed by atoms with E-state index in [0.717, 1.165) is 0 Å². The summed E-state index contributed by atoms with van der Waals surface area (Å²) in [5.41, 5.74) is -2.15. The average Bonchev–Trinajstić information content (AvgIpc) is 2.26. The minimum Gasteiger partial charge on any atom is -0.388 e. The molecule has 8 nitrogen and oxygen atoms in total. The van der Waals surface area contributed by atoms with Gasteiger partial charge < -0.3 is 15.7 Å². The van der Waals surface area contributed by atoms with E-state index in [1.54, 1.807) is 34.7 Å². The van der Waals surface area contributed by atoms with Crippen LogP contribution in [0.3, 0.4) is 0 Å². The maximum atomic E-state index is 11.1. The largest absolute Gasteiger partial charge is 0.388 e. The highest BCUT2D eigenvalue weighted by Gasteiger charge is 2.37. The van der Waals surface area contributed by atoms with Gasteiger partial charge in [-0.15, -0.1) is 0 Å². The zero-order valence-electron chi connectivity index (χ0n) is 11.7. The first-order valence-electron chi connectivity index (χ1n) is 5.78. The second-order valence-electron chi connectivity index (χ2n) is 5.24. The summed E-state index contributed by atoms with van der Waals surface area (Å²) in [5.74, 6) is 0.186. The number of nitrogens with one attached hydrogen (secondary N) is 2. The van der Waals surface area contributed by atoms with Gasteiger partial charge in [-0.2, -0.15) is 0 Å². The van der Waals surface area contributed by atoms with E-state index in [-0.39, 0.29) is 17.3 Å². The molecule has 0 aliphatic heterocycles. The number of hydrogen-bond donors (Lipinski definition) is 3. The fourth-order valence-corrected chi connectivity index (χ4v) is 1.28. The molecule has 0 aromatic carbocycles. The molecule has 106 valence electrons. The Morgan fingerprint density at radius 3 is 2.21 bits per heavy atom. The lowest BCUT2D eigenvalue weighted by molar-refractivity contribution is -0.383. The molecule has 1 heterocycles. The van der Waals surface area contributed by atoms with Gasteiger partial charge >= 0.3 is 5.69 Å². The summed E-state index contributed by atoms with van der Waals surface area (Å²) in [6.07, 6.45) is 1.22. The maximum Gasteiger partial charge on any atom is 0.353 e. The summed E-state index contributed by atoms with van der Waals surface area (Å²) in [4.78, 5) is 18.3. The van der Waals surface area contributed by atoms with Crippen LogP contribution in [-0.4, -0.2) is 38.2 Å². The van der Waals surface area contributed by atoms with Crippen LogP contribution in [0.5, 0.6) is 0 Å². The number of rotatable bonds is 5. The molecule has 0 aliphatic carbocycles. The summed E-state index contributed by atoms with van der Waals surface area (Å²) >= 11 is 0. The molecule has 0 amide bonds.